The van der Waals surface area contributed by atoms with Crippen LogP contribution in [0.3, 0.4) is 0 Å². The lowest BCUT2D eigenvalue weighted by Gasteiger charge is -2.35. The molecule has 17 heavy (non-hydrogen) atoms. The number of hydrogen-bond donors (Lipinski definition) is 1. The maximum absolute atomic E-state index is 10.4. The Bertz CT molecular complexity index is 432. The van der Waals surface area contributed by atoms with Crippen molar-refractivity contribution in [2.75, 3.05) is 0 Å². The summed E-state index contributed by atoms with van der Waals surface area (Å²) in [6.45, 7) is 12.9. The second-order valence-electron chi connectivity index (χ2n) is 6.56. The van der Waals surface area contributed by atoms with Crippen LogP contribution in [0.2, 0.25) is 19.6 Å². The molecule has 1 N–H and O–H groups in total. The largest absolute Gasteiger partial charge is 0.379 e. The van der Waals surface area contributed by atoms with Crippen molar-refractivity contribution in [1.29, 1.82) is 0 Å². The van der Waals surface area contributed by atoms with Crippen molar-refractivity contribution < 1.29 is 5.11 Å². The van der Waals surface area contributed by atoms with E-state index in [0.29, 0.717) is 11.8 Å². The molecule has 2 aliphatic rings. The van der Waals surface area contributed by atoms with E-state index in [-0.39, 0.29) is 5.41 Å². The third kappa shape index (κ3) is 2.03. The van der Waals surface area contributed by atoms with Gasteiger partial charge >= 0.3 is 0 Å². The van der Waals surface area contributed by atoms with Gasteiger partial charge in [-0.2, -0.15) is 0 Å². The first-order valence-corrected chi connectivity index (χ1v) is 9.83. The Hall–Kier alpha value is -0.783. The van der Waals surface area contributed by atoms with Crippen molar-refractivity contribution in [2.45, 2.75) is 39.1 Å². The van der Waals surface area contributed by atoms with E-state index in [1.54, 1.807) is 0 Å². The van der Waals surface area contributed by atoms with Gasteiger partial charge in [0.05, 0.1) is 0 Å². The zero-order valence-corrected chi connectivity index (χ0v) is 12.2. The lowest BCUT2D eigenvalue weighted by Crippen LogP contribution is -2.37. The molecule has 0 aromatic heterocycles. The van der Waals surface area contributed by atoms with E-state index in [4.69, 9.17) is 0 Å². The number of allylic oxidation sites excluding steroid dienone is 2. The molecule has 2 rings (SSSR count). The van der Waals surface area contributed by atoms with Crippen LogP contribution in [0, 0.1) is 28.7 Å². The monoisotopic (exact) mass is 246 g/mol. The highest BCUT2D eigenvalue weighted by Gasteiger charge is 2.51. The first kappa shape index (κ1) is 12.7. The number of hydrogen-bond acceptors (Lipinski definition) is 1. The van der Waals surface area contributed by atoms with Gasteiger partial charge in [-0.05, 0) is 18.3 Å². The van der Waals surface area contributed by atoms with Gasteiger partial charge in [-0.25, -0.2) is 0 Å². The SMILES string of the molecule is C=C1[C@@H]2C=C[C@@H](C2)[C@@]1(C)C(O)C#C[Si](C)(C)C. The summed E-state index contributed by atoms with van der Waals surface area (Å²) in [7, 11) is -1.42. The molecule has 4 atom stereocenters. The fourth-order valence-corrected chi connectivity index (χ4v) is 3.42. The van der Waals surface area contributed by atoms with Gasteiger partial charge in [-0.3, -0.25) is 0 Å². The van der Waals surface area contributed by atoms with Crippen LogP contribution in [-0.4, -0.2) is 19.3 Å². The summed E-state index contributed by atoms with van der Waals surface area (Å²) in [5.74, 6) is 3.98. The molecule has 0 aromatic rings. The van der Waals surface area contributed by atoms with Gasteiger partial charge in [0.2, 0.25) is 0 Å². The van der Waals surface area contributed by atoms with Gasteiger partial charge in [0.25, 0.3) is 0 Å². The summed E-state index contributed by atoms with van der Waals surface area (Å²) < 4.78 is 0. The standard InChI is InChI=1S/C15H22OSi/c1-11-12-6-7-13(10-12)15(11,2)14(16)8-9-17(3,4)5/h6-7,12-14,16H,1,10H2,2-5H3/t12-,13+,14?,15+/m1/s1. The summed E-state index contributed by atoms with van der Waals surface area (Å²) in [6, 6.07) is 0. The van der Waals surface area contributed by atoms with Crippen molar-refractivity contribution in [3.05, 3.63) is 24.3 Å². The van der Waals surface area contributed by atoms with Gasteiger partial charge in [-0.1, -0.05) is 56.8 Å². The number of aliphatic hydroxyl groups is 1. The van der Waals surface area contributed by atoms with Gasteiger partial charge in [-0.15, -0.1) is 5.54 Å². The minimum atomic E-state index is -1.42. The number of rotatable bonds is 1. The van der Waals surface area contributed by atoms with Gasteiger partial charge < -0.3 is 5.11 Å². The molecule has 2 bridgehead atoms. The molecule has 0 radical (unpaired) electrons. The summed E-state index contributed by atoms with van der Waals surface area (Å²) in [6.07, 6.45) is 5.01. The first-order chi connectivity index (χ1) is 7.75. The zero-order valence-electron chi connectivity index (χ0n) is 11.2. The van der Waals surface area contributed by atoms with Gasteiger partial charge in [0, 0.05) is 5.41 Å². The molecular weight excluding hydrogens is 224 g/mol. The highest BCUT2D eigenvalue weighted by Crippen LogP contribution is 2.56. The normalized spacial score (nSPS) is 36.9. The minimum Gasteiger partial charge on any atom is -0.379 e. The van der Waals surface area contributed by atoms with Crippen LogP contribution >= 0.6 is 0 Å². The van der Waals surface area contributed by atoms with E-state index in [0.717, 1.165) is 6.42 Å². The summed E-state index contributed by atoms with van der Waals surface area (Å²) in [5, 5.41) is 10.4. The lowest BCUT2D eigenvalue weighted by atomic mass is 9.70. The van der Waals surface area contributed by atoms with Crippen molar-refractivity contribution in [1.82, 2.24) is 0 Å². The topological polar surface area (TPSA) is 20.2 Å². The average molecular weight is 246 g/mol. The predicted octanol–water partition coefficient (Wildman–Crippen LogP) is 3.00. The first-order valence-electron chi connectivity index (χ1n) is 6.33. The van der Waals surface area contributed by atoms with E-state index in [1.807, 2.05) is 0 Å². The Labute approximate surface area is 106 Å². The Morgan fingerprint density at radius 3 is 2.59 bits per heavy atom. The fourth-order valence-electron chi connectivity index (χ4n) is 2.85. The predicted molar refractivity (Wildman–Crippen MR) is 75.1 cm³/mol. The second-order valence-corrected chi connectivity index (χ2v) is 11.3. The molecule has 1 saturated carbocycles. The third-order valence-corrected chi connectivity index (χ3v) is 5.04. The zero-order chi connectivity index (χ0) is 12.8. The van der Waals surface area contributed by atoms with Crippen molar-refractivity contribution >= 4 is 8.07 Å². The van der Waals surface area contributed by atoms with Crippen molar-refractivity contribution in [2.24, 2.45) is 17.3 Å². The average Bonchev–Trinajstić information content (AvgIpc) is 2.78. The van der Waals surface area contributed by atoms with Crippen LogP contribution in [0.4, 0.5) is 0 Å². The highest BCUT2D eigenvalue weighted by atomic mass is 28.3. The Balaban J connectivity index is 2.25. The Morgan fingerprint density at radius 1 is 1.47 bits per heavy atom. The van der Waals surface area contributed by atoms with E-state index >= 15 is 0 Å². The van der Waals surface area contributed by atoms with Crippen LogP contribution in [0.1, 0.15) is 13.3 Å². The number of fused-ring (bicyclic) bond motifs is 2. The molecule has 1 nitrogen and oxygen atoms in total. The smallest absolute Gasteiger partial charge is 0.129 e. The van der Waals surface area contributed by atoms with E-state index < -0.39 is 14.2 Å². The molecular formula is C15H22OSi. The molecule has 1 fully saturated rings. The molecule has 0 aliphatic heterocycles. The van der Waals surface area contributed by atoms with Crippen LogP contribution in [0.5, 0.6) is 0 Å². The number of aliphatic hydroxyl groups excluding tert-OH is 1. The van der Waals surface area contributed by atoms with E-state index in [2.05, 4.69) is 56.8 Å². The van der Waals surface area contributed by atoms with Crippen molar-refractivity contribution in [3.8, 4) is 11.5 Å². The molecule has 0 saturated heterocycles. The summed E-state index contributed by atoms with van der Waals surface area (Å²) in [5.41, 5.74) is 4.22. The van der Waals surface area contributed by atoms with Gasteiger partial charge in [0.1, 0.15) is 14.2 Å². The van der Waals surface area contributed by atoms with Crippen molar-refractivity contribution in [3.63, 3.8) is 0 Å². The molecule has 2 aliphatic carbocycles. The minimum absolute atomic E-state index is 0.230. The van der Waals surface area contributed by atoms with Crippen LogP contribution in [0.25, 0.3) is 0 Å². The third-order valence-electron chi connectivity index (χ3n) is 4.15. The van der Waals surface area contributed by atoms with Crippen LogP contribution in [0.15, 0.2) is 24.3 Å². The van der Waals surface area contributed by atoms with Crippen LogP contribution in [-0.2, 0) is 0 Å². The van der Waals surface area contributed by atoms with Crippen LogP contribution < -0.4 is 0 Å². The fraction of sp³-hybridized carbons (Fsp3) is 0.600. The highest BCUT2D eigenvalue weighted by molar-refractivity contribution is 6.83. The van der Waals surface area contributed by atoms with E-state index in [9.17, 15) is 5.11 Å². The molecule has 1 unspecified atom stereocenters. The maximum Gasteiger partial charge on any atom is 0.129 e. The maximum atomic E-state index is 10.4. The molecule has 0 aromatic carbocycles. The molecule has 0 spiro atoms. The lowest BCUT2D eigenvalue weighted by molar-refractivity contribution is 0.0930. The van der Waals surface area contributed by atoms with E-state index in [1.165, 1.54) is 5.57 Å². The summed E-state index contributed by atoms with van der Waals surface area (Å²) >= 11 is 0. The molecule has 2 heteroatoms. The quantitative estimate of drug-likeness (QED) is 0.428. The summed E-state index contributed by atoms with van der Waals surface area (Å²) in [4.78, 5) is 0. The second kappa shape index (κ2) is 3.86. The molecule has 0 heterocycles. The Kier molecular flexibility index (Phi) is 2.88. The molecule has 0 amide bonds. The molecule has 92 valence electrons. The Morgan fingerprint density at radius 2 is 2.12 bits per heavy atom. The van der Waals surface area contributed by atoms with Gasteiger partial charge in [0.15, 0.2) is 0 Å².